The summed E-state index contributed by atoms with van der Waals surface area (Å²) in [6, 6.07) is 7.29. The van der Waals surface area contributed by atoms with Crippen molar-refractivity contribution in [3.8, 4) is 29.2 Å². The van der Waals surface area contributed by atoms with E-state index in [1.807, 2.05) is 31.2 Å². The molecule has 31 heavy (non-hydrogen) atoms. The van der Waals surface area contributed by atoms with Crippen molar-refractivity contribution in [3.63, 3.8) is 0 Å². The highest BCUT2D eigenvalue weighted by atomic mass is 35.5. The number of aryl methyl sites for hydroxylation is 1. The Hall–Kier alpha value is -3.24. The SMILES string of the molecule is C#CC[C@@H](COc1cnc(Cl)c(-c2ccc3[nH]nc(C)c3c2)c1)NC(=O)OC(C)(C)C. The number of halogens is 1. The maximum Gasteiger partial charge on any atom is 0.408 e. The third kappa shape index (κ3) is 5.89. The van der Waals surface area contributed by atoms with Crippen molar-refractivity contribution in [3.05, 3.63) is 41.3 Å². The van der Waals surface area contributed by atoms with Crippen LogP contribution in [0.3, 0.4) is 0 Å². The monoisotopic (exact) mass is 440 g/mol. The highest BCUT2D eigenvalue weighted by molar-refractivity contribution is 6.32. The van der Waals surface area contributed by atoms with E-state index >= 15 is 0 Å². The summed E-state index contributed by atoms with van der Waals surface area (Å²) in [6.07, 6.45) is 6.72. The molecule has 3 aromatic rings. The summed E-state index contributed by atoms with van der Waals surface area (Å²) in [5, 5.41) is 11.3. The van der Waals surface area contributed by atoms with Gasteiger partial charge in [0.05, 0.1) is 23.4 Å². The Kier molecular flexibility index (Phi) is 6.71. The molecule has 0 bridgehead atoms. The molecule has 0 spiro atoms. The summed E-state index contributed by atoms with van der Waals surface area (Å²) in [5.41, 5.74) is 2.87. The number of fused-ring (bicyclic) bond motifs is 1. The largest absolute Gasteiger partial charge is 0.490 e. The molecule has 1 aromatic carbocycles. The van der Waals surface area contributed by atoms with E-state index in [1.54, 1.807) is 20.8 Å². The molecule has 0 unspecified atom stereocenters. The minimum absolute atomic E-state index is 0.159. The number of ether oxygens (including phenoxy) is 2. The number of aromatic amines is 1. The minimum atomic E-state index is -0.602. The van der Waals surface area contributed by atoms with Crippen LogP contribution in [0.5, 0.6) is 5.75 Å². The molecule has 0 aliphatic rings. The van der Waals surface area contributed by atoms with Gasteiger partial charge in [-0.1, -0.05) is 17.7 Å². The zero-order valence-electron chi connectivity index (χ0n) is 18.0. The fourth-order valence-electron chi connectivity index (χ4n) is 2.99. The highest BCUT2D eigenvalue weighted by Gasteiger charge is 2.20. The van der Waals surface area contributed by atoms with E-state index in [2.05, 4.69) is 26.4 Å². The van der Waals surface area contributed by atoms with E-state index in [0.29, 0.717) is 17.3 Å². The normalized spacial score (nSPS) is 12.3. The first-order valence-corrected chi connectivity index (χ1v) is 10.2. The van der Waals surface area contributed by atoms with Crippen LogP contribution >= 0.6 is 11.6 Å². The molecule has 162 valence electrons. The topological polar surface area (TPSA) is 89.1 Å². The first kappa shape index (κ1) is 22.4. The molecule has 1 amide bonds. The number of carbonyl (C=O) groups excluding carboxylic acids is 1. The van der Waals surface area contributed by atoms with Gasteiger partial charge in [-0.25, -0.2) is 9.78 Å². The molecule has 0 aliphatic heterocycles. The van der Waals surface area contributed by atoms with Crippen LogP contribution in [0.25, 0.3) is 22.0 Å². The first-order chi connectivity index (χ1) is 14.7. The molecule has 0 fully saturated rings. The molecular weight excluding hydrogens is 416 g/mol. The summed E-state index contributed by atoms with van der Waals surface area (Å²) in [7, 11) is 0. The number of nitrogens with one attached hydrogen (secondary N) is 2. The summed E-state index contributed by atoms with van der Waals surface area (Å²) < 4.78 is 11.1. The van der Waals surface area contributed by atoms with Crippen molar-refractivity contribution in [2.45, 2.75) is 45.8 Å². The lowest BCUT2D eigenvalue weighted by molar-refractivity contribution is 0.0489. The number of nitrogens with zero attached hydrogens (tertiary/aromatic N) is 2. The molecule has 2 N–H and O–H groups in total. The molecule has 0 aliphatic carbocycles. The van der Waals surface area contributed by atoms with Crippen molar-refractivity contribution < 1.29 is 14.3 Å². The number of H-pyrrole nitrogens is 1. The predicted octanol–water partition coefficient (Wildman–Crippen LogP) is 4.88. The van der Waals surface area contributed by atoms with Crippen LogP contribution in [0.1, 0.15) is 32.9 Å². The van der Waals surface area contributed by atoms with Gasteiger partial charge >= 0.3 is 6.09 Å². The number of aromatic nitrogens is 3. The molecular formula is C23H25ClN4O3. The number of rotatable bonds is 6. The molecule has 2 aromatic heterocycles. The number of alkyl carbamates (subject to hydrolysis) is 1. The van der Waals surface area contributed by atoms with Gasteiger partial charge in [0.2, 0.25) is 0 Å². The molecule has 0 radical (unpaired) electrons. The second-order valence-electron chi connectivity index (χ2n) is 8.14. The van der Waals surface area contributed by atoms with E-state index in [0.717, 1.165) is 27.7 Å². The number of amides is 1. The van der Waals surface area contributed by atoms with Gasteiger partial charge in [-0.05, 0) is 51.5 Å². The third-order valence-electron chi connectivity index (χ3n) is 4.41. The lowest BCUT2D eigenvalue weighted by Crippen LogP contribution is -2.42. The molecule has 0 saturated carbocycles. The van der Waals surface area contributed by atoms with Crippen molar-refractivity contribution in [1.29, 1.82) is 0 Å². The molecule has 2 heterocycles. The first-order valence-electron chi connectivity index (χ1n) is 9.82. The number of pyridine rings is 1. The van der Waals surface area contributed by atoms with Gasteiger partial charge in [0.15, 0.2) is 0 Å². The quantitative estimate of drug-likeness (QED) is 0.421. The van der Waals surface area contributed by atoms with Crippen LogP contribution in [0.15, 0.2) is 30.5 Å². The van der Waals surface area contributed by atoms with E-state index < -0.39 is 17.7 Å². The fourth-order valence-corrected chi connectivity index (χ4v) is 3.20. The molecule has 7 nitrogen and oxygen atoms in total. The number of carbonyl (C=O) groups is 1. The maximum atomic E-state index is 12.1. The van der Waals surface area contributed by atoms with Gasteiger partial charge in [-0.3, -0.25) is 5.10 Å². The Morgan fingerprint density at radius 3 is 2.84 bits per heavy atom. The number of benzene rings is 1. The van der Waals surface area contributed by atoms with Crippen LogP contribution < -0.4 is 10.1 Å². The minimum Gasteiger partial charge on any atom is -0.490 e. The van der Waals surface area contributed by atoms with Crippen molar-refractivity contribution in [2.75, 3.05) is 6.61 Å². The molecule has 8 heteroatoms. The Balaban J connectivity index is 1.75. The van der Waals surface area contributed by atoms with Gasteiger partial charge in [-0.2, -0.15) is 5.10 Å². The standard InChI is InChI=1S/C23H25ClN4O3/c1-6-7-16(26-22(29)31-23(3,4)5)13-30-17-11-19(21(24)25-12-17)15-8-9-20-18(10-15)14(2)27-28-20/h1,8-12,16H,7,13H2,2-5H3,(H,26,29)(H,27,28)/t16-/m0/s1. The van der Waals surface area contributed by atoms with Gasteiger partial charge in [0.25, 0.3) is 0 Å². The summed E-state index contributed by atoms with van der Waals surface area (Å²) in [5.74, 6) is 3.05. The third-order valence-corrected chi connectivity index (χ3v) is 4.72. The zero-order valence-corrected chi connectivity index (χ0v) is 18.7. The summed E-state index contributed by atoms with van der Waals surface area (Å²) in [6.45, 7) is 7.48. The van der Waals surface area contributed by atoms with Crippen molar-refractivity contribution in [2.24, 2.45) is 0 Å². The summed E-state index contributed by atoms with van der Waals surface area (Å²) in [4.78, 5) is 16.3. The number of hydrogen-bond donors (Lipinski definition) is 2. The van der Waals surface area contributed by atoms with Gasteiger partial charge in [0.1, 0.15) is 23.1 Å². The van der Waals surface area contributed by atoms with Crippen LogP contribution in [-0.4, -0.2) is 39.5 Å². The van der Waals surface area contributed by atoms with E-state index in [1.165, 1.54) is 6.20 Å². The van der Waals surface area contributed by atoms with Crippen LogP contribution in [0, 0.1) is 19.3 Å². The van der Waals surface area contributed by atoms with Gasteiger partial charge in [-0.15, -0.1) is 12.3 Å². The number of terminal acetylenes is 1. The van der Waals surface area contributed by atoms with Crippen molar-refractivity contribution >= 4 is 28.6 Å². The van der Waals surface area contributed by atoms with Crippen LogP contribution in [-0.2, 0) is 4.74 Å². The Morgan fingerprint density at radius 2 is 2.13 bits per heavy atom. The average Bonchev–Trinajstić information content (AvgIpc) is 3.06. The van der Waals surface area contributed by atoms with Crippen LogP contribution in [0.4, 0.5) is 4.79 Å². The number of hydrogen-bond acceptors (Lipinski definition) is 5. The Morgan fingerprint density at radius 1 is 1.35 bits per heavy atom. The van der Waals surface area contributed by atoms with E-state index in [4.69, 9.17) is 27.5 Å². The smallest absolute Gasteiger partial charge is 0.408 e. The van der Waals surface area contributed by atoms with Gasteiger partial charge < -0.3 is 14.8 Å². The Bertz CT molecular complexity index is 1130. The average molecular weight is 441 g/mol. The highest BCUT2D eigenvalue weighted by Crippen LogP contribution is 2.32. The summed E-state index contributed by atoms with van der Waals surface area (Å²) >= 11 is 6.35. The fraction of sp³-hybridized carbons (Fsp3) is 0.348. The van der Waals surface area contributed by atoms with Gasteiger partial charge in [0, 0.05) is 17.4 Å². The maximum absolute atomic E-state index is 12.1. The zero-order chi connectivity index (χ0) is 22.6. The lowest BCUT2D eigenvalue weighted by atomic mass is 10.0. The van der Waals surface area contributed by atoms with E-state index in [9.17, 15) is 4.79 Å². The second kappa shape index (κ2) is 9.27. The Labute approximate surface area is 186 Å². The van der Waals surface area contributed by atoms with E-state index in [-0.39, 0.29) is 6.61 Å². The van der Waals surface area contributed by atoms with Crippen molar-refractivity contribution in [1.82, 2.24) is 20.5 Å². The van der Waals surface area contributed by atoms with Crippen LogP contribution in [0.2, 0.25) is 5.15 Å². The lowest BCUT2D eigenvalue weighted by Gasteiger charge is -2.23. The molecule has 1 atom stereocenters. The molecule has 3 rings (SSSR count). The second-order valence-corrected chi connectivity index (χ2v) is 8.50. The predicted molar refractivity (Wildman–Crippen MR) is 121 cm³/mol. The molecule has 0 saturated heterocycles.